The van der Waals surface area contributed by atoms with Crippen LogP contribution in [0.25, 0.3) is 11.2 Å². The monoisotopic (exact) mass is 628 g/mol. The number of ether oxygens (including phenoxy) is 1. The van der Waals surface area contributed by atoms with E-state index in [1.165, 1.54) is 20.3 Å². The third-order valence-corrected chi connectivity index (χ3v) is 9.21. The fraction of sp³-hybridized carbons (Fsp3) is 0.435. The molecule has 2 aliphatic heterocycles. The number of alkyl carbamates (subject to hydrolysis) is 1. The van der Waals surface area contributed by atoms with E-state index in [-0.39, 0.29) is 18.3 Å². The van der Waals surface area contributed by atoms with Crippen LogP contribution in [0.5, 0.6) is 0 Å². The maximum absolute atomic E-state index is 15.6. The van der Waals surface area contributed by atoms with Gasteiger partial charge in [-0.25, -0.2) is 23.1 Å². The lowest BCUT2D eigenvalue weighted by atomic mass is 9.95. The first-order valence-corrected chi connectivity index (χ1v) is 14.0. The summed E-state index contributed by atoms with van der Waals surface area (Å²) in [7, 11) is -0.919. The van der Waals surface area contributed by atoms with Gasteiger partial charge in [-0.3, -0.25) is 0 Å². The summed E-state index contributed by atoms with van der Waals surface area (Å²) in [5.41, 5.74) is 1.51. The summed E-state index contributed by atoms with van der Waals surface area (Å²) in [6.07, 6.45) is 2.76. The molecule has 13 heteroatoms. The molecule has 2 fully saturated rings. The summed E-state index contributed by atoms with van der Waals surface area (Å²) in [5.74, 6) is 0.424. The van der Waals surface area contributed by atoms with Crippen LogP contribution in [-0.2, 0) is 21.6 Å². The molecule has 1 N–H and O–H groups in total. The number of benzene rings is 1. The quantitative estimate of drug-likeness (QED) is 0.418. The molecule has 2 saturated heterocycles. The first-order chi connectivity index (χ1) is 17.2. The van der Waals surface area contributed by atoms with Gasteiger partial charge in [-0.2, -0.15) is 12.7 Å². The second kappa shape index (κ2) is 9.74. The topological polar surface area (TPSA) is 110 Å². The molecule has 0 radical (unpaired) electrons. The smallest absolute Gasteiger partial charge is 0.407 e. The van der Waals surface area contributed by atoms with Gasteiger partial charge < -0.3 is 15.0 Å². The van der Waals surface area contributed by atoms with Crippen LogP contribution in [0.4, 0.5) is 15.0 Å². The maximum Gasteiger partial charge on any atom is 0.407 e. The number of alkyl halides is 1. The van der Waals surface area contributed by atoms with E-state index >= 15 is 4.39 Å². The van der Waals surface area contributed by atoms with Crippen LogP contribution in [-0.4, -0.2) is 71.1 Å². The molecule has 10 nitrogen and oxygen atoms in total. The average molecular weight is 628 g/mol. The Kier molecular flexibility index (Phi) is 6.80. The number of aromatic nitrogens is 3. The molecule has 2 bridgehead atoms. The Bertz CT molecular complexity index is 1390. The molecule has 4 heterocycles. The van der Waals surface area contributed by atoms with Crippen LogP contribution < -0.4 is 10.2 Å². The first kappa shape index (κ1) is 25.1. The molecule has 0 aliphatic carbocycles. The van der Waals surface area contributed by atoms with E-state index in [9.17, 15) is 13.2 Å². The lowest BCUT2D eigenvalue weighted by Gasteiger charge is -2.41. The van der Waals surface area contributed by atoms with Gasteiger partial charge in [0.05, 0.1) is 21.9 Å². The zero-order chi connectivity index (χ0) is 25.6. The zero-order valence-corrected chi connectivity index (χ0v) is 22.7. The van der Waals surface area contributed by atoms with Gasteiger partial charge in [0.15, 0.2) is 5.65 Å². The molecule has 4 atom stereocenters. The fourth-order valence-electron chi connectivity index (χ4n) is 4.95. The molecule has 192 valence electrons. The highest BCUT2D eigenvalue weighted by atomic mass is 127. The minimum Gasteiger partial charge on any atom is -0.445 e. The number of hydrogen-bond acceptors (Lipinski definition) is 7. The highest BCUT2D eigenvalue weighted by Gasteiger charge is 2.49. The van der Waals surface area contributed by atoms with Crippen molar-refractivity contribution in [2.45, 2.75) is 50.2 Å². The van der Waals surface area contributed by atoms with E-state index in [4.69, 9.17) is 4.74 Å². The lowest BCUT2D eigenvalue weighted by molar-refractivity contribution is 0.117. The van der Waals surface area contributed by atoms with Gasteiger partial charge in [-0.1, -0.05) is 30.3 Å². The van der Waals surface area contributed by atoms with E-state index < -0.39 is 34.6 Å². The van der Waals surface area contributed by atoms with E-state index in [0.29, 0.717) is 27.7 Å². The number of anilines is 1. The standard InChI is InChI=1S/C23H26FIN6O4S/c1-29(2)36(33,34)30-12-16(25)21-22(30)28-19(11-26-21)31-15-8-9-18(31)20(24)17(10-15)27-23(32)35-13-14-6-4-3-5-7-14/h3-7,11-12,15,17-18,20H,8-10,13H2,1-2H3,(H,27,32)/t15-,17+,18+,20+/m1/s1. The number of carbonyl (C=O) groups is 1. The van der Waals surface area contributed by atoms with Crippen LogP contribution in [0.1, 0.15) is 24.8 Å². The number of fused-ring (bicyclic) bond motifs is 3. The highest BCUT2D eigenvalue weighted by molar-refractivity contribution is 14.1. The second-order valence-electron chi connectivity index (χ2n) is 9.16. The number of carbonyl (C=O) groups excluding carboxylic acids is 1. The number of piperidine rings is 1. The van der Waals surface area contributed by atoms with Crippen LogP contribution in [0.3, 0.4) is 0 Å². The molecule has 5 rings (SSSR count). The van der Waals surface area contributed by atoms with Gasteiger partial charge >= 0.3 is 16.3 Å². The second-order valence-corrected chi connectivity index (χ2v) is 12.3. The van der Waals surface area contributed by atoms with Crippen molar-refractivity contribution < 1.29 is 22.3 Å². The SMILES string of the molecule is CN(C)S(=O)(=O)n1cc(I)c2ncc(N3[C@@H]4CC[C@H]3[C@@H](F)[C@@H](NC(=O)OCc3ccccc3)C4)nc21. The predicted molar refractivity (Wildman–Crippen MR) is 141 cm³/mol. The van der Waals surface area contributed by atoms with Gasteiger partial charge in [0, 0.05) is 26.3 Å². The van der Waals surface area contributed by atoms with Gasteiger partial charge in [0.2, 0.25) is 0 Å². The largest absolute Gasteiger partial charge is 0.445 e. The van der Waals surface area contributed by atoms with Crippen molar-refractivity contribution in [2.75, 3.05) is 19.0 Å². The van der Waals surface area contributed by atoms with Crippen LogP contribution in [0.2, 0.25) is 0 Å². The predicted octanol–water partition coefficient (Wildman–Crippen LogP) is 3.06. The lowest BCUT2D eigenvalue weighted by Crippen LogP contribution is -2.58. The number of nitrogens with zero attached hydrogens (tertiary/aromatic N) is 5. The van der Waals surface area contributed by atoms with Crippen molar-refractivity contribution in [2.24, 2.45) is 0 Å². The summed E-state index contributed by atoms with van der Waals surface area (Å²) in [5, 5.41) is 2.70. The summed E-state index contributed by atoms with van der Waals surface area (Å²) in [6, 6.07) is 8.03. The summed E-state index contributed by atoms with van der Waals surface area (Å²) < 4.78 is 49.4. The molecule has 2 aliphatic rings. The van der Waals surface area contributed by atoms with Crippen molar-refractivity contribution in [3.05, 3.63) is 51.9 Å². The Balaban J connectivity index is 1.34. The number of hydrogen-bond donors (Lipinski definition) is 1. The highest BCUT2D eigenvalue weighted by Crippen LogP contribution is 2.40. The third kappa shape index (κ3) is 4.52. The molecule has 36 heavy (non-hydrogen) atoms. The first-order valence-electron chi connectivity index (χ1n) is 11.5. The van der Waals surface area contributed by atoms with Gasteiger partial charge in [0.25, 0.3) is 0 Å². The van der Waals surface area contributed by atoms with Gasteiger partial charge in [-0.05, 0) is 47.4 Å². The molecule has 0 spiro atoms. The van der Waals surface area contributed by atoms with Crippen LogP contribution in [0.15, 0.2) is 42.7 Å². The van der Waals surface area contributed by atoms with E-state index in [0.717, 1.165) is 20.3 Å². The summed E-state index contributed by atoms with van der Waals surface area (Å²) >= 11 is 2.02. The number of amides is 1. The molecular formula is C23H26FIN6O4S. The Hall–Kier alpha value is -2.52. The van der Waals surface area contributed by atoms with Crippen molar-refractivity contribution in [3.63, 3.8) is 0 Å². The van der Waals surface area contributed by atoms with Crippen molar-refractivity contribution in [1.82, 2.24) is 23.6 Å². The van der Waals surface area contributed by atoms with Crippen LogP contribution >= 0.6 is 22.6 Å². The number of nitrogens with one attached hydrogen (secondary N) is 1. The number of halogens is 2. The fourth-order valence-corrected chi connectivity index (χ4v) is 6.74. The average Bonchev–Trinajstić information content (AvgIpc) is 3.38. The molecule has 0 saturated carbocycles. The summed E-state index contributed by atoms with van der Waals surface area (Å²) in [6.45, 7) is 0.110. The molecule has 2 aromatic heterocycles. The Labute approximate surface area is 222 Å². The maximum atomic E-state index is 15.6. The number of rotatable bonds is 6. The van der Waals surface area contributed by atoms with E-state index in [1.807, 2.05) is 57.8 Å². The van der Waals surface area contributed by atoms with Crippen molar-refractivity contribution in [1.29, 1.82) is 0 Å². The molecule has 1 aromatic carbocycles. The minimum absolute atomic E-state index is 0.0684. The Morgan fingerprint density at radius 1 is 1.28 bits per heavy atom. The molecule has 3 aromatic rings. The third-order valence-electron chi connectivity index (χ3n) is 6.72. The Morgan fingerprint density at radius 3 is 2.75 bits per heavy atom. The van der Waals surface area contributed by atoms with Crippen LogP contribution in [0, 0.1) is 3.57 Å². The van der Waals surface area contributed by atoms with Gasteiger partial charge in [0.1, 0.15) is 24.1 Å². The molecule has 1 amide bonds. The van der Waals surface area contributed by atoms with Crippen molar-refractivity contribution in [3.8, 4) is 0 Å². The normalized spacial score (nSPS) is 23.9. The van der Waals surface area contributed by atoms with Crippen molar-refractivity contribution >= 4 is 55.9 Å². The Morgan fingerprint density at radius 2 is 2.03 bits per heavy atom. The molecular weight excluding hydrogens is 602 g/mol. The zero-order valence-electron chi connectivity index (χ0n) is 19.7. The minimum atomic E-state index is -3.81. The van der Waals surface area contributed by atoms with E-state index in [2.05, 4.69) is 15.3 Å². The summed E-state index contributed by atoms with van der Waals surface area (Å²) in [4.78, 5) is 23.3. The van der Waals surface area contributed by atoms with E-state index in [1.54, 1.807) is 6.20 Å². The molecule has 0 unspecified atom stereocenters. The van der Waals surface area contributed by atoms with Gasteiger partial charge in [-0.15, -0.1) is 0 Å².